The standard InChI is InChI=1S/C44H58N4O10/c1-5-14-29(40(53)35(49)21-22-38(52)46-33(25-37(45)51)27-15-8-6-9-16-27)23-36(50)34-24-30(58-44(2,3)4)26-48(34)42(55)39(28-17-10-7-11-18-28)47-41(54)31-19-12-13-20-32(31)43(56)57/h6,8-9,12-13,15-16,19-20,28-30,33-34,39H,5,7,10-11,14,17-18,21-26H2,1-4H3,(H2,45,51)(H,46,52)(H,47,54)(H,56,57)/t29?,30-,33?,34+,39+/m1/s1. The molecule has 2 aromatic rings. The number of hydrogen-bond donors (Lipinski definition) is 4. The summed E-state index contributed by atoms with van der Waals surface area (Å²) >= 11 is 0. The van der Waals surface area contributed by atoms with Crippen LogP contribution in [0.1, 0.15) is 137 Å². The predicted molar refractivity (Wildman–Crippen MR) is 214 cm³/mol. The quantitative estimate of drug-likeness (QED) is 0.133. The highest BCUT2D eigenvalue weighted by atomic mass is 16.5. The third-order valence-corrected chi connectivity index (χ3v) is 10.8. The summed E-state index contributed by atoms with van der Waals surface area (Å²) in [5.41, 5.74) is 5.15. The number of likely N-dealkylation sites (tertiary alicyclic amines) is 1. The molecule has 2 fully saturated rings. The number of carboxylic acid groups (broad SMARTS) is 1. The van der Waals surface area contributed by atoms with E-state index in [-0.39, 0.29) is 55.7 Å². The number of Topliss-reactive ketones (excluding diaryl/α,β-unsaturated/α-hetero) is 3. The second-order valence-electron chi connectivity index (χ2n) is 16.4. The van der Waals surface area contributed by atoms with E-state index < -0.39 is 89.1 Å². The third-order valence-electron chi connectivity index (χ3n) is 10.8. The maximum Gasteiger partial charge on any atom is 0.336 e. The fourth-order valence-corrected chi connectivity index (χ4v) is 8.08. The average molecular weight is 803 g/mol. The molecular weight excluding hydrogens is 745 g/mol. The molecule has 1 saturated heterocycles. The number of benzene rings is 2. The van der Waals surface area contributed by atoms with Crippen LogP contribution in [0.25, 0.3) is 0 Å². The number of carbonyl (C=O) groups excluding carboxylic acids is 7. The molecule has 4 rings (SSSR count). The number of aromatic carboxylic acids is 1. The fourth-order valence-electron chi connectivity index (χ4n) is 8.08. The Morgan fingerprint density at radius 3 is 2.10 bits per heavy atom. The second-order valence-corrected chi connectivity index (χ2v) is 16.4. The van der Waals surface area contributed by atoms with Gasteiger partial charge in [-0.05, 0) is 63.6 Å². The summed E-state index contributed by atoms with van der Waals surface area (Å²) < 4.78 is 6.26. The van der Waals surface area contributed by atoms with Gasteiger partial charge < -0.3 is 31.1 Å². The zero-order valence-corrected chi connectivity index (χ0v) is 34.0. The van der Waals surface area contributed by atoms with Crippen LogP contribution in [0, 0.1) is 11.8 Å². The average Bonchev–Trinajstić information content (AvgIpc) is 3.61. The summed E-state index contributed by atoms with van der Waals surface area (Å²) in [6.45, 7) is 7.46. The minimum atomic E-state index is -1.28. The van der Waals surface area contributed by atoms with Gasteiger partial charge in [-0.15, -0.1) is 0 Å². The lowest BCUT2D eigenvalue weighted by Gasteiger charge is -2.35. The lowest BCUT2D eigenvalue weighted by atomic mass is 9.82. The van der Waals surface area contributed by atoms with Gasteiger partial charge in [0.05, 0.1) is 41.3 Å². The minimum Gasteiger partial charge on any atom is -0.478 e. The molecule has 1 aliphatic carbocycles. The maximum absolute atomic E-state index is 14.7. The van der Waals surface area contributed by atoms with Gasteiger partial charge in [0, 0.05) is 38.1 Å². The summed E-state index contributed by atoms with van der Waals surface area (Å²) in [4.78, 5) is 107. The Bertz CT molecular complexity index is 1820. The van der Waals surface area contributed by atoms with Gasteiger partial charge in [0.2, 0.25) is 23.5 Å². The number of ether oxygens (including phenoxy) is 1. The van der Waals surface area contributed by atoms with Gasteiger partial charge in [-0.2, -0.15) is 0 Å². The van der Waals surface area contributed by atoms with Crippen LogP contribution in [-0.2, 0) is 33.5 Å². The summed E-state index contributed by atoms with van der Waals surface area (Å²) in [6.07, 6.45) is 3.07. The molecule has 2 aromatic carbocycles. The van der Waals surface area contributed by atoms with Gasteiger partial charge in [-0.3, -0.25) is 33.6 Å². The lowest BCUT2D eigenvalue weighted by Crippen LogP contribution is -2.55. The van der Waals surface area contributed by atoms with Crippen molar-refractivity contribution < 1.29 is 48.2 Å². The Morgan fingerprint density at radius 2 is 1.50 bits per heavy atom. The van der Waals surface area contributed by atoms with Gasteiger partial charge in [-0.1, -0.05) is 75.1 Å². The van der Waals surface area contributed by atoms with Crippen molar-refractivity contribution in [2.24, 2.45) is 17.6 Å². The van der Waals surface area contributed by atoms with Crippen molar-refractivity contribution in [2.45, 2.75) is 135 Å². The van der Waals surface area contributed by atoms with E-state index >= 15 is 0 Å². The van der Waals surface area contributed by atoms with Gasteiger partial charge in [0.1, 0.15) is 6.04 Å². The molecule has 1 heterocycles. The Hall–Kier alpha value is -5.24. The number of hydrogen-bond acceptors (Lipinski definition) is 9. The van der Waals surface area contributed by atoms with E-state index in [1.54, 1.807) is 36.4 Å². The van der Waals surface area contributed by atoms with E-state index in [0.29, 0.717) is 24.8 Å². The van der Waals surface area contributed by atoms with Crippen LogP contribution in [-0.4, -0.2) is 87.3 Å². The number of primary amides is 1. The predicted octanol–water partition coefficient (Wildman–Crippen LogP) is 4.87. The van der Waals surface area contributed by atoms with Crippen molar-refractivity contribution in [3.05, 3.63) is 71.3 Å². The molecule has 58 heavy (non-hydrogen) atoms. The van der Waals surface area contributed by atoms with Gasteiger partial charge in [0.15, 0.2) is 11.6 Å². The molecule has 1 saturated carbocycles. The minimum absolute atomic E-state index is 0.0531. The Morgan fingerprint density at radius 1 is 0.862 bits per heavy atom. The van der Waals surface area contributed by atoms with Crippen LogP contribution < -0.4 is 16.4 Å². The molecular formula is C44H58N4O10. The molecule has 5 atom stereocenters. The van der Waals surface area contributed by atoms with Crippen molar-refractivity contribution in [3.8, 4) is 0 Å². The number of amides is 4. The van der Waals surface area contributed by atoms with E-state index in [1.165, 1.54) is 23.1 Å². The first-order chi connectivity index (χ1) is 27.5. The molecule has 5 N–H and O–H groups in total. The van der Waals surface area contributed by atoms with Gasteiger partial charge in [0.25, 0.3) is 5.91 Å². The summed E-state index contributed by atoms with van der Waals surface area (Å²) in [7, 11) is 0. The van der Waals surface area contributed by atoms with E-state index in [9.17, 15) is 43.5 Å². The SMILES string of the molecule is CCCC(CC(=O)[C@@H]1C[C@@H](OC(C)(C)C)CN1C(=O)[C@@H](NC(=O)c1ccccc1C(=O)O)C1CCCCC1)C(=O)C(=O)CCC(=O)NC(CC(N)=O)c1ccccc1. The van der Waals surface area contributed by atoms with Gasteiger partial charge in [-0.25, -0.2) is 4.79 Å². The second kappa shape index (κ2) is 21.0. The molecule has 0 spiro atoms. The monoisotopic (exact) mass is 802 g/mol. The van der Waals surface area contributed by atoms with Crippen molar-refractivity contribution >= 4 is 46.9 Å². The molecule has 314 valence electrons. The molecule has 0 aromatic heterocycles. The first-order valence-electron chi connectivity index (χ1n) is 20.3. The Labute approximate surface area is 340 Å². The van der Waals surface area contributed by atoms with Crippen LogP contribution in [0.5, 0.6) is 0 Å². The number of rotatable bonds is 20. The number of nitrogens with two attached hydrogens (primary N) is 1. The summed E-state index contributed by atoms with van der Waals surface area (Å²) in [5, 5.41) is 15.3. The highest BCUT2D eigenvalue weighted by molar-refractivity contribution is 6.38. The number of carbonyl (C=O) groups is 8. The number of nitrogens with one attached hydrogen (secondary N) is 2. The van der Waals surface area contributed by atoms with Crippen molar-refractivity contribution in [1.82, 2.24) is 15.5 Å². The van der Waals surface area contributed by atoms with Crippen LogP contribution in [0.2, 0.25) is 0 Å². The normalized spacial score (nSPS) is 18.7. The van der Waals surface area contributed by atoms with Crippen LogP contribution in [0.15, 0.2) is 54.6 Å². The molecule has 0 bridgehead atoms. The zero-order chi connectivity index (χ0) is 42.6. The molecule has 2 unspecified atom stereocenters. The first kappa shape index (κ1) is 45.5. The maximum atomic E-state index is 14.7. The van der Waals surface area contributed by atoms with E-state index in [1.807, 2.05) is 27.7 Å². The zero-order valence-electron chi connectivity index (χ0n) is 34.0. The number of carboxylic acids is 1. The van der Waals surface area contributed by atoms with Crippen molar-refractivity contribution in [1.29, 1.82) is 0 Å². The van der Waals surface area contributed by atoms with Crippen LogP contribution in [0.3, 0.4) is 0 Å². The molecule has 14 nitrogen and oxygen atoms in total. The van der Waals surface area contributed by atoms with Gasteiger partial charge >= 0.3 is 5.97 Å². The summed E-state index contributed by atoms with van der Waals surface area (Å²) in [5.74, 6) is -6.90. The summed E-state index contributed by atoms with van der Waals surface area (Å²) in [6, 6.07) is 11.8. The van der Waals surface area contributed by atoms with Crippen LogP contribution >= 0.6 is 0 Å². The highest BCUT2D eigenvalue weighted by Crippen LogP contribution is 2.33. The van der Waals surface area contributed by atoms with E-state index in [4.69, 9.17) is 10.5 Å². The number of nitrogens with zero attached hydrogens (tertiary/aromatic N) is 1. The fraction of sp³-hybridized carbons (Fsp3) is 0.545. The Kier molecular flexibility index (Phi) is 16.4. The van der Waals surface area contributed by atoms with Crippen molar-refractivity contribution in [3.63, 3.8) is 0 Å². The van der Waals surface area contributed by atoms with Crippen LogP contribution in [0.4, 0.5) is 0 Å². The lowest BCUT2D eigenvalue weighted by molar-refractivity contribution is -0.143. The molecule has 0 radical (unpaired) electrons. The molecule has 14 heteroatoms. The largest absolute Gasteiger partial charge is 0.478 e. The molecule has 1 aliphatic heterocycles. The smallest absolute Gasteiger partial charge is 0.336 e. The van der Waals surface area contributed by atoms with Crippen molar-refractivity contribution in [2.75, 3.05) is 6.54 Å². The number of ketones is 3. The molecule has 4 amide bonds. The van der Waals surface area contributed by atoms with E-state index in [0.717, 1.165) is 19.3 Å². The highest BCUT2D eigenvalue weighted by Gasteiger charge is 2.46. The first-order valence-corrected chi connectivity index (χ1v) is 20.3. The molecule has 2 aliphatic rings. The van der Waals surface area contributed by atoms with E-state index in [2.05, 4.69) is 10.6 Å². The third kappa shape index (κ3) is 12.9. The Balaban J connectivity index is 1.52. The topological polar surface area (TPSA) is 219 Å².